The van der Waals surface area contributed by atoms with Crippen LogP contribution in [0.3, 0.4) is 0 Å². The maximum absolute atomic E-state index is 12.0. The van der Waals surface area contributed by atoms with E-state index in [1.807, 2.05) is 19.1 Å². The zero-order chi connectivity index (χ0) is 13.8. The SMILES string of the molecule is COc1ccc(C)cc1NC(=O)c1ccc(=O)[nH]c1. The number of aryl methyl sites for hydroxylation is 1. The molecule has 0 aliphatic rings. The van der Waals surface area contributed by atoms with Gasteiger partial charge in [-0.25, -0.2) is 0 Å². The number of hydrogen-bond donors (Lipinski definition) is 2. The van der Waals surface area contributed by atoms with Gasteiger partial charge in [0.05, 0.1) is 18.4 Å². The highest BCUT2D eigenvalue weighted by molar-refractivity contribution is 6.04. The van der Waals surface area contributed by atoms with E-state index in [0.29, 0.717) is 17.0 Å². The third-order valence-corrected chi connectivity index (χ3v) is 2.65. The highest BCUT2D eigenvalue weighted by atomic mass is 16.5. The Morgan fingerprint density at radius 3 is 2.68 bits per heavy atom. The van der Waals surface area contributed by atoms with Crippen molar-refractivity contribution >= 4 is 11.6 Å². The average Bonchev–Trinajstić information content (AvgIpc) is 2.39. The quantitative estimate of drug-likeness (QED) is 0.883. The van der Waals surface area contributed by atoms with Crippen molar-refractivity contribution in [3.63, 3.8) is 0 Å². The van der Waals surface area contributed by atoms with Crippen molar-refractivity contribution in [2.24, 2.45) is 0 Å². The van der Waals surface area contributed by atoms with E-state index < -0.39 is 0 Å². The summed E-state index contributed by atoms with van der Waals surface area (Å²) in [4.78, 5) is 25.4. The normalized spacial score (nSPS) is 10.0. The Bertz CT molecular complexity index is 641. The molecule has 0 aliphatic heterocycles. The first-order valence-electron chi connectivity index (χ1n) is 5.75. The van der Waals surface area contributed by atoms with Gasteiger partial charge in [0.25, 0.3) is 5.91 Å². The van der Waals surface area contributed by atoms with Crippen LogP contribution in [-0.4, -0.2) is 18.0 Å². The summed E-state index contributed by atoms with van der Waals surface area (Å²) in [5.74, 6) is 0.281. The summed E-state index contributed by atoms with van der Waals surface area (Å²) in [7, 11) is 1.54. The minimum Gasteiger partial charge on any atom is -0.495 e. The number of nitrogens with one attached hydrogen (secondary N) is 2. The van der Waals surface area contributed by atoms with Gasteiger partial charge in [-0.2, -0.15) is 0 Å². The van der Waals surface area contributed by atoms with Crippen LogP contribution < -0.4 is 15.6 Å². The van der Waals surface area contributed by atoms with Gasteiger partial charge in [-0.15, -0.1) is 0 Å². The molecule has 0 atom stereocenters. The summed E-state index contributed by atoms with van der Waals surface area (Å²) in [5, 5.41) is 2.75. The Balaban J connectivity index is 2.25. The molecule has 2 rings (SSSR count). The number of aromatic amines is 1. The number of aromatic nitrogens is 1. The fraction of sp³-hybridized carbons (Fsp3) is 0.143. The second kappa shape index (κ2) is 5.39. The van der Waals surface area contributed by atoms with Crippen molar-refractivity contribution in [2.45, 2.75) is 6.92 Å². The lowest BCUT2D eigenvalue weighted by Crippen LogP contribution is -2.15. The van der Waals surface area contributed by atoms with Gasteiger partial charge in [-0.05, 0) is 30.7 Å². The van der Waals surface area contributed by atoms with Gasteiger partial charge in [0, 0.05) is 12.3 Å². The molecule has 0 fully saturated rings. The van der Waals surface area contributed by atoms with Crippen LogP contribution in [0.2, 0.25) is 0 Å². The van der Waals surface area contributed by atoms with Crippen LogP contribution >= 0.6 is 0 Å². The molecule has 0 saturated carbocycles. The summed E-state index contributed by atoms with van der Waals surface area (Å²) in [6.07, 6.45) is 1.37. The van der Waals surface area contributed by atoms with E-state index in [0.717, 1.165) is 5.56 Å². The second-order valence-electron chi connectivity index (χ2n) is 4.10. The van der Waals surface area contributed by atoms with Gasteiger partial charge < -0.3 is 15.0 Å². The number of pyridine rings is 1. The number of anilines is 1. The van der Waals surface area contributed by atoms with E-state index in [1.54, 1.807) is 13.2 Å². The molecule has 1 aromatic heterocycles. The summed E-state index contributed by atoms with van der Waals surface area (Å²) >= 11 is 0. The van der Waals surface area contributed by atoms with Crippen molar-refractivity contribution in [1.29, 1.82) is 0 Å². The molecule has 1 amide bonds. The zero-order valence-electron chi connectivity index (χ0n) is 10.7. The molecule has 19 heavy (non-hydrogen) atoms. The molecule has 0 aliphatic carbocycles. The van der Waals surface area contributed by atoms with Crippen LogP contribution in [-0.2, 0) is 0 Å². The van der Waals surface area contributed by atoms with E-state index in [9.17, 15) is 9.59 Å². The number of amides is 1. The fourth-order valence-electron chi connectivity index (χ4n) is 1.67. The molecule has 1 heterocycles. The molecule has 0 spiro atoms. The number of benzene rings is 1. The monoisotopic (exact) mass is 258 g/mol. The third-order valence-electron chi connectivity index (χ3n) is 2.65. The van der Waals surface area contributed by atoms with Crippen LogP contribution in [0, 0.1) is 6.92 Å². The molecule has 98 valence electrons. The number of ether oxygens (including phenoxy) is 1. The van der Waals surface area contributed by atoms with E-state index >= 15 is 0 Å². The smallest absolute Gasteiger partial charge is 0.257 e. The Kier molecular flexibility index (Phi) is 3.66. The topological polar surface area (TPSA) is 71.2 Å². The molecular weight excluding hydrogens is 244 g/mol. The van der Waals surface area contributed by atoms with E-state index in [4.69, 9.17) is 4.74 Å². The highest BCUT2D eigenvalue weighted by Gasteiger charge is 2.09. The predicted molar refractivity (Wildman–Crippen MR) is 72.7 cm³/mol. The minimum atomic E-state index is -0.305. The number of methoxy groups -OCH3 is 1. The van der Waals surface area contributed by atoms with Crippen LogP contribution in [0.1, 0.15) is 15.9 Å². The first-order valence-corrected chi connectivity index (χ1v) is 5.75. The first-order chi connectivity index (χ1) is 9.10. The Hall–Kier alpha value is -2.56. The largest absolute Gasteiger partial charge is 0.495 e. The highest BCUT2D eigenvalue weighted by Crippen LogP contribution is 2.25. The summed E-state index contributed by atoms with van der Waals surface area (Å²) < 4.78 is 5.18. The molecule has 0 radical (unpaired) electrons. The minimum absolute atomic E-state index is 0.246. The lowest BCUT2D eigenvalue weighted by molar-refractivity contribution is 0.102. The van der Waals surface area contributed by atoms with Crippen LogP contribution in [0.5, 0.6) is 5.75 Å². The standard InChI is InChI=1S/C14H14N2O3/c1-9-3-5-12(19-2)11(7-9)16-14(18)10-4-6-13(17)15-8-10/h3-8H,1-2H3,(H,15,17)(H,16,18). The summed E-state index contributed by atoms with van der Waals surface area (Å²) in [5.41, 5.74) is 1.74. The molecule has 0 unspecified atom stereocenters. The van der Waals surface area contributed by atoms with Crippen LogP contribution in [0.15, 0.2) is 41.3 Å². The molecular formula is C14H14N2O3. The van der Waals surface area contributed by atoms with Gasteiger partial charge in [-0.1, -0.05) is 6.07 Å². The van der Waals surface area contributed by atoms with Gasteiger partial charge in [0.1, 0.15) is 5.75 Å². The van der Waals surface area contributed by atoms with Crippen molar-refractivity contribution in [1.82, 2.24) is 4.98 Å². The van der Waals surface area contributed by atoms with E-state index in [1.165, 1.54) is 18.3 Å². The molecule has 5 nitrogen and oxygen atoms in total. The average molecular weight is 258 g/mol. The van der Waals surface area contributed by atoms with Crippen molar-refractivity contribution in [2.75, 3.05) is 12.4 Å². The predicted octanol–water partition coefficient (Wildman–Crippen LogP) is 1.94. The van der Waals surface area contributed by atoms with Crippen LogP contribution in [0.25, 0.3) is 0 Å². The number of hydrogen-bond acceptors (Lipinski definition) is 3. The fourth-order valence-corrected chi connectivity index (χ4v) is 1.67. The Morgan fingerprint density at radius 2 is 2.05 bits per heavy atom. The maximum Gasteiger partial charge on any atom is 0.257 e. The summed E-state index contributed by atoms with van der Waals surface area (Å²) in [6, 6.07) is 8.29. The first kappa shape index (κ1) is 12.9. The molecule has 5 heteroatoms. The lowest BCUT2D eigenvalue weighted by atomic mass is 10.2. The van der Waals surface area contributed by atoms with Gasteiger partial charge in [0.2, 0.25) is 5.56 Å². The second-order valence-corrected chi connectivity index (χ2v) is 4.10. The van der Waals surface area contributed by atoms with Gasteiger partial charge in [0.15, 0.2) is 0 Å². The maximum atomic E-state index is 12.0. The van der Waals surface area contributed by atoms with Crippen molar-refractivity contribution < 1.29 is 9.53 Å². The number of H-pyrrole nitrogens is 1. The number of rotatable bonds is 3. The van der Waals surface area contributed by atoms with Crippen molar-refractivity contribution in [3.05, 3.63) is 58.0 Å². The third kappa shape index (κ3) is 3.01. The Labute approximate surface area is 110 Å². The number of carbonyl (C=O) groups is 1. The van der Waals surface area contributed by atoms with Crippen LogP contribution in [0.4, 0.5) is 5.69 Å². The van der Waals surface area contributed by atoms with E-state index in [2.05, 4.69) is 10.3 Å². The zero-order valence-corrected chi connectivity index (χ0v) is 10.7. The number of carbonyl (C=O) groups excluding carboxylic acids is 1. The molecule has 0 bridgehead atoms. The Morgan fingerprint density at radius 1 is 1.26 bits per heavy atom. The molecule has 0 saturated heterocycles. The summed E-state index contributed by atoms with van der Waals surface area (Å²) in [6.45, 7) is 1.93. The van der Waals surface area contributed by atoms with Gasteiger partial charge in [-0.3, -0.25) is 9.59 Å². The van der Waals surface area contributed by atoms with Crippen molar-refractivity contribution in [3.8, 4) is 5.75 Å². The lowest BCUT2D eigenvalue weighted by Gasteiger charge is -2.10. The molecule has 2 N–H and O–H groups in total. The van der Waals surface area contributed by atoms with E-state index in [-0.39, 0.29) is 11.5 Å². The molecule has 2 aromatic rings. The van der Waals surface area contributed by atoms with Gasteiger partial charge >= 0.3 is 0 Å². The molecule has 1 aromatic carbocycles.